The molecule has 11 nitrogen and oxygen atoms in total. The highest BCUT2D eigenvalue weighted by atomic mass is 32.3. The van der Waals surface area contributed by atoms with Crippen LogP contribution in [0.15, 0.2) is 85.5 Å². The van der Waals surface area contributed by atoms with E-state index < -0.39 is 16.3 Å². The first kappa shape index (κ1) is 24.9. The lowest BCUT2D eigenvalue weighted by Gasteiger charge is -2.44. The molecule has 39 heavy (non-hydrogen) atoms. The highest BCUT2D eigenvalue weighted by molar-refractivity contribution is 8.23. The van der Waals surface area contributed by atoms with Gasteiger partial charge in [-0.05, 0) is 30.2 Å². The minimum absolute atomic E-state index is 0.0460. The monoisotopic (exact) mass is 546 g/mol. The van der Waals surface area contributed by atoms with Crippen LogP contribution in [0.1, 0.15) is 25.3 Å². The molecule has 4 heterocycles. The fraction of sp³-hybridized carbons (Fsp3) is 0.185. The van der Waals surface area contributed by atoms with Crippen molar-refractivity contribution in [1.29, 1.82) is 0 Å². The number of aromatic nitrogens is 3. The number of aromatic hydroxyl groups is 1. The van der Waals surface area contributed by atoms with E-state index in [1.807, 2.05) is 49.0 Å². The number of pyridine rings is 2. The first-order valence-electron chi connectivity index (χ1n) is 12.3. The molecule has 2 aromatic carbocycles. The Morgan fingerprint density at radius 3 is 2.69 bits per heavy atom. The minimum atomic E-state index is -4.08. The summed E-state index contributed by atoms with van der Waals surface area (Å²) in [6, 6.07) is 15.7. The van der Waals surface area contributed by atoms with Crippen LogP contribution in [0.25, 0.3) is 22.0 Å². The van der Waals surface area contributed by atoms with Crippen molar-refractivity contribution in [3.8, 4) is 5.75 Å². The summed E-state index contributed by atoms with van der Waals surface area (Å²) in [7, 11) is -4.08. The zero-order valence-electron chi connectivity index (χ0n) is 21.2. The number of anilines is 1. The molecule has 0 radical (unpaired) electrons. The van der Waals surface area contributed by atoms with Crippen LogP contribution in [0.5, 0.6) is 5.75 Å². The van der Waals surface area contributed by atoms with E-state index in [0.717, 1.165) is 0 Å². The van der Waals surface area contributed by atoms with Gasteiger partial charge in [0.2, 0.25) is 6.54 Å². The van der Waals surface area contributed by atoms with Gasteiger partial charge in [0.25, 0.3) is 11.4 Å². The van der Waals surface area contributed by atoms with Gasteiger partial charge < -0.3 is 29.4 Å². The van der Waals surface area contributed by atoms with E-state index in [4.69, 9.17) is 4.42 Å². The molecule has 1 aliphatic heterocycles. The first-order valence-corrected chi connectivity index (χ1v) is 13.8. The number of oxazole rings is 1. The number of rotatable bonds is 6. The van der Waals surface area contributed by atoms with Gasteiger partial charge in [-0.2, -0.15) is 8.96 Å². The highest BCUT2D eigenvalue weighted by Gasteiger charge is 2.30. The molecule has 0 bridgehead atoms. The molecule has 12 heteroatoms. The third-order valence-corrected chi connectivity index (χ3v) is 7.71. The first-order chi connectivity index (χ1) is 18.7. The van der Waals surface area contributed by atoms with Crippen LogP contribution in [-0.2, 0) is 6.54 Å². The van der Waals surface area contributed by atoms with Gasteiger partial charge in [0, 0.05) is 24.1 Å². The van der Waals surface area contributed by atoms with Crippen molar-refractivity contribution < 1.29 is 23.2 Å². The lowest BCUT2D eigenvalue weighted by atomic mass is 10.1. The molecule has 1 unspecified atom stereocenters. The van der Waals surface area contributed by atoms with Crippen molar-refractivity contribution >= 4 is 44.3 Å². The molecule has 0 fully saturated rings. The standard InChI is InChI=1S/C27H26N6O5S/c1-16(2)14-28-33-19-9-5-4-8-17(19)24(34)22(27(33)35)26-29-18-10-11-20-23(25(18)39(36,37)31-26)30-21(38-20)15-32-12-6-3-7-13-32/h3-13,16,28H,14-15H2,1-2H3,(H3-,29,31,34,36,37). The van der Waals surface area contributed by atoms with E-state index in [1.54, 1.807) is 36.4 Å². The Hall–Kier alpha value is -4.39. The van der Waals surface area contributed by atoms with Crippen LogP contribution < -0.4 is 20.9 Å². The quantitative estimate of drug-likeness (QED) is 0.234. The Morgan fingerprint density at radius 2 is 1.92 bits per heavy atom. The Bertz CT molecular complexity index is 1810. The van der Waals surface area contributed by atoms with Gasteiger partial charge in [-0.15, -0.1) is 0 Å². The summed E-state index contributed by atoms with van der Waals surface area (Å²) in [6.45, 7) is 4.82. The number of nitrogens with zero attached hydrogens (tertiary/aromatic N) is 4. The molecule has 200 valence electrons. The van der Waals surface area contributed by atoms with Gasteiger partial charge in [0.15, 0.2) is 23.8 Å². The van der Waals surface area contributed by atoms with E-state index in [1.165, 1.54) is 4.68 Å². The normalized spacial score (nSPS) is 18.4. The van der Waals surface area contributed by atoms with Crippen LogP contribution in [0.4, 0.5) is 5.69 Å². The summed E-state index contributed by atoms with van der Waals surface area (Å²) in [5, 5.41) is 14.5. The second-order valence-corrected chi connectivity index (χ2v) is 11.2. The van der Waals surface area contributed by atoms with Gasteiger partial charge in [0.05, 0.1) is 16.1 Å². The van der Waals surface area contributed by atoms with Gasteiger partial charge in [-0.3, -0.25) is 4.79 Å². The molecule has 0 saturated carbocycles. The van der Waals surface area contributed by atoms with Gasteiger partial charge in [-0.25, -0.2) is 20.4 Å². The summed E-state index contributed by atoms with van der Waals surface area (Å²) < 4.78 is 37.8. The SMILES string of the molecule is CC(C)CNn1c(=O)c(C2=NS([O-])(O)c3c(ccc4oc(C[n+]5ccccc5)nc34)N2)c(O)c2ccccc21. The maximum Gasteiger partial charge on any atom is 0.284 e. The van der Waals surface area contributed by atoms with Crippen LogP contribution in [0, 0.1) is 5.92 Å². The topological polar surface area (TPSA) is 152 Å². The lowest BCUT2D eigenvalue weighted by molar-refractivity contribution is -0.690. The predicted octanol–water partition coefficient (Wildman–Crippen LogP) is 3.94. The maximum absolute atomic E-state index is 13.6. The van der Waals surface area contributed by atoms with E-state index in [0.29, 0.717) is 35.5 Å². The smallest absolute Gasteiger partial charge is 0.284 e. The Balaban J connectivity index is 1.47. The average Bonchev–Trinajstić information content (AvgIpc) is 3.30. The molecular weight excluding hydrogens is 520 g/mol. The molecule has 5 aromatic rings. The molecule has 0 saturated heterocycles. The van der Waals surface area contributed by atoms with Crippen LogP contribution in [-0.4, -0.2) is 36.3 Å². The molecule has 1 atom stereocenters. The minimum Gasteiger partial charge on any atom is -0.745 e. The van der Waals surface area contributed by atoms with E-state index in [-0.39, 0.29) is 39.2 Å². The number of fused-ring (bicyclic) bond motifs is 4. The molecule has 6 rings (SSSR count). The average molecular weight is 547 g/mol. The van der Waals surface area contributed by atoms with E-state index in [9.17, 15) is 19.0 Å². The van der Waals surface area contributed by atoms with Crippen molar-refractivity contribution in [3.05, 3.63) is 88.8 Å². The van der Waals surface area contributed by atoms with E-state index >= 15 is 0 Å². The third-order valence-electron chi connectivity index (χ3n) is 6.34. The molecule has 4 N–H and O–H groups in total. The van der Waals surface area contributed by atoms with Crippen LogP contribution in [0.2, 0.25) is 0 Å². The summed E-state index contributed by atoms with van der Waals surface area (Å²) in [5.74, 6) is 0.0288. The van der Waals surface area contributed by atoms with Crippen molar-refractivity contribution in [1.82, 2.24) is 9.66 Å². The number of amidine groups is 1. The number of hydrogen-bond donors (Lipinski definition) is 4. The molecule has 3 aromatic heterocycles. The predicted molar refractivity (Wildman–Crippen MR) is 148 cm³/mol. The zero-order chi connectivity index (χ0) is 27.3. The molecule has 1 aliphatic rings. The van der Waals surface area contributed by atoms with Crippen LogP contribution in [0.3, 0.4) is 0 Å². The van der Waals surface area contributed by atoms with Gasteiger partial charge in [-0.1, -0.05) is 32.0 Å². The number of benzene rings is 2. The van der Waals surface area contributed by atoms with Crippen molar-refractivity contribution in [2.75, 3.05) is 17.3 Å². The Labute approximate surface area is 224 Å². The summed E-state index contributed by atoms with van der Waals surface area (Å²) in [5.41, 5.74) is 3.50. The molecule has 0 amide bonds. The summed E-state index contributed by atoms with van der Waals surface area (Å²) in [4.78, 5) is 18.1. The summed E-state index contributed by atoms with van der Waals surface area (Å²) in [6.07, 6.45) is 3.72. The van der Waals surface area contributed by atoms with Crippen molar-refractivity contribution in [2.45, 2.75) is 25.3 Å². The lowest BCUT2D eigenvalue weighted by Crippen LogP contribution is -2.37. The highest BCUT2D eigenvalue weighted by Crippen LogP contribution is 2.58. The molecule has 0 aliphatic carbocycles. The summed E-state index contributed by atoms with van der Waals surface area (Å²) >= 11 is 0. The largest absolute Gasteiger partial charge is 0.745 e. The fourth-order valence-corrected chi connectivity index (χ4v) is 5.82. The fourth-order valence-electron chi connectivity index (χ4n) is 4.55. The molecule has 0 spiro atoms. The number of para-hydroxylation sites is 1. The second kappa shape index (κ2) is 9.42. The second-order valence-electron chi connectivity index (χ2n) is 9.64. The third kappa shape index (κ3) is 4.38. The number of nitrogens with one attached hydrogen (secondary N) is 2. The van der Waals surface area contributed by atoms with Crippen LogP contribution >= 0.6 is 10.8 Å². The van der Waals surface area contributed by atoms with E-state index in [2.05, 4.69) is 20.1 Å². The van der Waals surface area contributed by atoms with Crippen molar-refractivity contribution in [3.63, 3.8) is 0 Å². The van der Waals surface area contributed by atoms with Gasteiger partial charge in [0.1, 0.15) is 16.8 Å². The van der Waals surface area contributed by atoms with Gasteiger partial charge >= 0.3 is 0 Å². The van der Waals surface area contributed by atoms with Crippen molar-refractivity contribution in [2.24, 2.45) is 10.3 Å². The maximum atomic E-state index is 13.6. The Kier molecular flexibility index (Phi) is 6.02. The zero-order valence-corrected chi connectivity index (χ0v) is 22.0. The Morgan fingerprint density at radius 1 is 1.15 bits per heavy atom. The molecular formula is C27H26N6O5S. The number of hydrogen-bond acceptors (Lipinski definition) is 9.